The van der Waals surface area contributed by atoms with Gasteiger partial charge in [-0.3, -0.25) is 0 Å². The van der Waals surface area contributed by atoms with Crippen LogP contribution in [-0.4, -0.2) is 22.8 Å². The summed E-state index contributed by atoms with van der Waals surface area (Å²) in [5.41, 5.74) is 0. The first-order chi connectivity index (χ1) is 12.2. The van der Waals surface area contributed by atoms with Crippen molar-refractivity contribution >= 4 is 0 Å². The highest BCUT2D eigenvalue weighted by Crippen LogP contribution is 2.25. The van der Waals surface area contributed by atoms with Crippen LogP contribution >= 0.6 is 0 Å². The fraction of sp³-hybridized carbons (Fsp3) is 0.150. The molecule has 0 saturated heterocycles. The van der Waals surface area contributed by atoms with Crippen LogP contribution in [0.4, 0.5) is 0 Å². The van der Waals surface area contributed by atoms with Crippen molar-refractivity contribution in [1.29, 1.82) is 0 Å². The third-order valence-electron chi connectivity index (χ3n) is 3.34. The van der Waals surface area contributed by atoms with Crippen molar-refractivity contribution in [3.63, 3.8) is 0 Å². The minimum absolute atomic E-state index is 0.122. The van der Waals surface area contributed by atoms with E-state index in [0.29, 0.717) is 24.0 Å². The fourth-order valence-electron chi connectivity index (χ4n) is 2.12. The maximum Gasteiger partial charge on any atom is 0.213 e. The lowest BCUT2D eigenvalue weighted by Gasteiger charge is -2.15. The summed E-state index contributed by atoms with van der Waals surface area (Å²) in [4.78, 5) is 4.12. The number of phenols is 1. The average molecular weight is 337 g/mol. The number of aromatic hydroxyl groups is 1. The lowest BCUT2D eigenvalue weighted by atomic mass is 10.3. The fourth-order valence-corrected chi connectivity index (χ4v) is 2.12. The molecule has 0 aliphatic rings. The lowest BCUT2D eigenvalue weighted by molar-refractivity contribution is 0.138. The Balaban J connectivity index is 1.49. The molecule has 0 spiro atoms. The number of pyridine rings is 1. The highest BCUT2D eigenvalue weighted by atomic mass is 16.5. The Morgan fingerprint density at radius 1 is 0.880 bits per heavy atom. The predicted octanol–water partition coefficient (Wildman–Crippen LogP) is 4.43. The summed E-state index contributed by atoms with van der Waals surface area (Å²) >= 11 is 0. The quantitative estimate of drug-likeness (QED) is 0.691. The number of rotatable bonds is 7. The van der Waals surface area contributed by atoms with Crippen LogP contribution in [0.15, 0.2) is 72.9 Å². The van der Waals surface area contributed by atoms with E-state index < -0.39 is 0 Å². The first-order valence-corrected chi connectivity index (χ1v) is 7.96. The Morgan fingerprint density at radius 2 is 1.52 bits per heavy atom. The summed E-state index contributed by atoms with van der Waals surface area (Å²) in [6, 6.07) is 19.4. The van der Waals surface area contributed by atoms with Gasteiger partial charge < -0.3 is 19.3 Å². The summed E-state index contributed by atoms with van der Waals surface area (Å²) in [6.45, 7) is 2.34. The summed E-state index contributed by atoms with van der Waals surface area (Å²) < 4.78 is 17.1. The van der Waals surface area contributed by atoms with Gasteiger partial charge in [0.05, 0.1) is 0 Å². The van der Waals surface area contributed by atoms with E-state index in [1.165, 1.54) is 0 Å². The number of benzene rings is 2. The van der Waals surface area contributed by atoms with Crippen molar-refractivity contribution in [2.75, 3.05) is 6.61 Å². The van der Waals surface area contributed by atoms with E-state index in [4.69, 9.17) is 14.2 Å². The molecule has 0 bridgehead atoms. The molecule has 0 amide bonds. The molecule has 1 N–H and O–H groups in total. The Bertz CT molecular complexity index is 773. The summed E-state index contributed by atoms with van der Waals surface area (Å²) in [6.07, 6.45) is 1.57. The largest absolute Gasteiger partial charge is 0.508 e. The van der Waals surface area contributed by atoms with Gasteiger partial charge in [-0.05, 0) is 61.5 Å². The van der Waals surface area contributed by atoms with E-state index in [9.17, 15) is 5.11 Å². The SMILES string of the molecule is CC(COc1ccc(Oc2ccc(O)cc2)cc1)Oc1ccccn1. The molecule has 25 heavy (non-hydrogen) atoms. The molecule has 1 aromatic heterocycles. The van der Waals surface area contributed by atoms with Crippen molar-refractivity contribution in [3.8, 4) is 28.9 Å². The van der Waals surface area contributed by atoms with Crippen LogP contribution in [0, 0.1) is 0 Å². The topological polar surface area (TPSA) is 60.8 Å². The Kier molecular flexibility index (Phi) is 5.36. The van der Waals surface area contributed by atoms with E-state index in [-0.39, 0.29) is 11.9 Å². The molecule has 128 valence electrons. The maximum absolute atomic E-state index is 9.27. The highest BCUT2D eigenvalue weighted by Gasteiger charge is 2.06. The standard InChI is InChI=1S/C20H19NO4/c1-15(24-20-4-2-3-13-21-20)14-23-17-9-11-19(12-10-17)25-18-7-5-16(22)6-8-18/h2-13,15,22H,14H2,1H3. The molecule has 5 heteroatoms. The van der Waals surface area contributed by atoms with E-state index in [1.807, 2.05) is 49.4 Å². The van der Waals surface area contributed by atoms with Gasteiger partial charge in [0.2, 0.25) is 5.88 Å². The van der Waals surface area contributed by atoms with Crippen LogP contribution in [0.25, 0.3) is 0 Å². The van der Waals surface area contributed by atoms with Gasteiger partial charge in [-0.2, -0.15) is 0 Å². The minimum Gasteiger partial charge on any atom is -0.508 e. The average Bonchev–Trinajstić information content (AvgIpc) is 2.64. The Labute approximate surface area is 146 Å². The first kappa shape index (κ1) is 16.6. The van der Waals surface area contributed by atoms with Crippen LogP contribution in [0.2, 0.25) is 0 Å². The van der Waals surface area contributed by atoms with Gasteiger partial charge in [-0.15, -0.1) is 0 Å². The van der Waals surface area contributed by atoms with Crippen molar-refractivity contribution in [2.24, 2.45) is 0 Å². The molecule has 2 aromatic carbocycles. The summed E-state index contributed by atoms with van der Waals surface area (Å²) in [7, 11) is 0. The molecule has 1 heterocycles. The highest BCUT2D eigenvalue weighted by molar-refractivity contribution is 5.37. The predicted molar refractivity (Wildman–Crippen MR) is 94.4 cm³/mol. The van der Waals surface area contributed by atoms with E-state index >= 15 is 0 Å². The van der Waals surface area contributed by atoms with E-state index in [1.54, 1.807) is 30.5 Å². The number of hydrogen-bond acceptors (Lipinski definition) is 5. The molecule has 0 fully saturated rings. The first-order valence-electron chi connectivity index (χ1n) is 7.96. The number of phenolic OH excluding ortho intramolecular Hbond substituents is 1. The molecular formula is C20H19NO4. The van der Waals surface area contributed by atoms with Gasteiger partial charge in [-0.1, -0.05) is 6.07 Å². The van der Waals surface area contributed by atoms with Gasteiger partial charge in [0.1, 0.15) is 35.7 Å². The van der Waals surface area contributed by atoms with Crippen LogP contribution in [0.1, 0.15) is 6.92 Å². The van der Waals surface area contributed by atoms with Crippen LogP contribution in [-0.2, 0) is 0 Å². The van der Waals surface area contributed by atoms with Gasteiger partial charge >= 0.3 is 0 Å². The zero-order chi connectivity index (χ0) is 17.5. The van der Waals surface area contributed by atoms with E-state index in [2.05, 4.69) is 4.98 Å². The third-order valence-corrected chi connectivity index (χ3v) is 3.34. The lowest BCUT2D eigenvalue weighted by Crippen LogP contribution is -2.21. The molecule has 0 saturated carbocycles. The van der Waals surface area contributed by atoms with Crippen molar-refractivity contribution < 1.29 is 19.3 Å². The minimum atomic E-state index is -0.122. The van der Waals surface area contributed by atoms with Gasteiger partial charge in [0, 0.05) is 12.3 Å². The van der Waals surface area contributed by atoms with Crippen molar-refractivity contribution in [2.45, 2.75) is 13.0 Å². The number of nitrogens with zero attached hydrogens (tertiary/aromatic N) is 1. The van der Waals surface area contributed by atoms with Crippen molar-refractivity contribution in [1.82, 2.24) is 4.98 Å². The molecule has 1 unspecified atom stereocenters. The second kappa shape index (κ2) is 8.06. The normalized spacial score (nSPS) is 11.6. The molecule has 0 aliphatic carbocycles. The maximum atomic E-state index is 9.27. The molecule has 0 radical (unpaired) electrons. The molecule has 3 aromatic rings. The van der Waals surface area contributed by atoms with Crippen molar-refractivity contribution in [3.05, 3.63) is 72.9 Å². The summed E-state index contributed by atoms with van der Waals surface area (Å²) in [5, 5.41) is 9.27. The third kappa shape index (κ3) is 5.14. The van der Waals surface area contributed by atoms with Crippen LogP contribution < -0.4 is 14.2 Å². The molecule has 3 rings (SSSR count). The van der Waals surface area contributed by atoms with Crippen LogP contribution in [0.3, 0.4) is 0 Å². The molecule has 5 nitrogen and oxygen atoms in total. The molecule has 0 aliphatic heterocycles. The zero-order valence-electron chi connectivity index (χ0n) is 13.8. The van der Waals surface area contributed by atoms with Crippen LogP contribution in [0.5, 0.6) is 28.9 Å². The number of aromatic nitrogens is 1. The summed E-state index contributed by atoms with van der Waals surface area (Å²) in [5.74, 6) is 2.86. The second-order valence-corrected chi connectivity index (χ2v) is 5.47. The Hall–Kier alpha value is -3.21. The van der Waals surface area contributed by atoms with E-state index in [0.717, 1.165) is 5.75 Å². The van der Waals surface area contributed by atoms with Gasteiger partial charge in [-0.25, -0.2) is 4.98 Å². The Morgan fingerprint density at radius 3 is 2.16 bits per heavy atom. The zero-order valence-corrected chi connectivity index (χ0v) is 13.8. The number of hydrogen-bond donors (Lipinski definition) is 1. The monoisotopic (exact) mass is 337 g/mol. The number of ether oxygens (including phenoxy) is 3. The molecular weight excluding hydrogens is 318 g/mol. The second-order valence-electron chi connectivity index (χ2n) is 5.47. The molecule has 1 atom stereocenters. The smallest absolute Gasteiger partial charge is 0.213 e. The van der Waals surface area contributed by atoms with Gasteiger partial charge in [0.25, 0.3) is 0 Å². The van der Waals surface area contributed by atoms with Gasteiger partial charge in [0.15, 0.2) is 0 Å².